The lowest BCUT2D eigenvalue weighted by molar-refractivity contribution is 0.102. The molecule has 28 heavy (non-hydrogen) atoms. The van der Waals surface area contributed by atoms with E-state index < -0.39 is 0 Å². The van der Waals surface area contributed by atoms with Gasteiger partial charge in [0, 0.05) is 16.3 Å². The van der Waals surface area contributed by atoms with Crippen molar-refractivity contribution in [3.05, 3.63) is 76.8 Å². The molecule has 0 aliphatic heterocycles. The maximum Gasteiger partial charge on any atom is 0.255 e. The normalized spacial score (nSPS) is 10.8. The predicted octanol–water partition coefficient (Wildman–Crippen LogP) is 4.64. The molecule has 0 radical (unpaired) electrons. The van der Waals surface area contributed by atoms with Gasteiger partial charge in [-0.1, -0.05) is 11.6 Å². The number of nitrogens with zero attached hydrogens (tertiary/aromatic N) is 3. The third-order valence-corrected chi connectivity index (χ3v) is 4.64. The molecule has 0 fully saturated rings. The molecular formula is C21H17ClN4O2. The molecule has 0 spiro atoms. The highest BCUT2D eigenvalue weighted by molar-refractivity contribution is 6.30. The van der Waals surface area contributed by atoms with E-state index in [9.17, 15) is 4.79 Å². The van der Waals surface area contributed by atoms with Crippen LogP contribution in [0.25, 0.3) is 16.7 Å². The van der Waals surface area contributed by atoms with Gasteiger partial charge in [-0.25, -0.2) is 0 Å². The summed E-state index contributed by atoms with van der Waals surface area (Å²) in [6.07, 6.45) is 0. The predicted molar refractivity (Wildman–Crippen MR) is 110 cm³/mol. The van der Waals surface area contributed by atoms with E-state index >= 15 is 0 Å². The number of hydrogen-bond acceptors (Lipinski definition) is 4. The Morgan fingerprint density at radius 3 is 2.29 bits per heavy atom. The lowest BCUT2D eigenvalue weighted by Gasteiger charge is -2.08. The molecular weight excluding hydrogens is 376 g/mol. The van der Waals surface area contributed by atoms with Crippen LogP contribution in [0.5, 0.6) is 5.75 Å². The molecule has 0 bridgehead atoms. The van der Waals surface area contributed by atoms with Crippen LogP contribution in [0.15, 0.2) is 60.7 Å². The van der Waals surface area contributed by atoms with E-state index in [1.165, 1.54) is 0 Å². The Labute approximate surface area is 166 Å². The first-order valence-electron chi connectivity index (χ1n) is 8.62. The van der Waals surface area contributed by atoms with Crippen LogP contribution in [0.1, 0.15) is 15.9 Å². The molecule has 1 N–H and O–H groups in total. The summed E-state index contributed by atoms with van der Waals surface area (Å²) in [5, 5.41) is 12.6. The maximum atomic E-state index is 12.6. The fourth-order valence-electron chi connectivity index (χ4n) is 2.83. The summed E-state index contributed by atoms with van der Waals surface area (Å²) in [7, 11) is 1.59. The summed E-state index contributed by atoms with van der Waals surface area (Å²) in [5.74, 6) is 0.503. The number of halogens is 1. The Morgan fingerprint density at radius 1 is 1.00 bits per heavy atom. The Hall–Kier alpha value is -3.38. The molecule has 6 nitrogen and oxygen atoms in total. The van der Waals surface area contributed by atoms with Crippen LogP contribution in [0, 0.1) is 6.92 Å². The molecule has 0 saturated heterocycles. The standard InChI is InChI=1S/C21H17ClN4O2/c1-13-11-19-20(25-26(24-19)16-7-5-15(22)6-8-16)12-18(13)23-21(27)14-3-9-17(28-2)10-4-14/h3-12H,1-2H3,(H,23,27). The van der Waals surface area contributed by atoms with Crippen molar-refractivity contribution in [3.8, 4) is 11.4 Å². The highest BCUT2D eigenvalue weighted by Crippen LogP contribution is 2.23. The summed E-state index contributed by atoms with van der Waals surface area (Å²) < 4.78 is 5.12. The molecule has 3 aromatic carbocycles. The first-order chi connectivity index (χ1) is 13.5. The fourth-order valence-corrected chi connectivity index (χ4v) is 2.96. The summed E-state index contributed by atoms with van der Waals surface area (Å²) in [6, 6.07) is 17.9. The molecule has 0 unspecified atom stereocenters. The van der Waals surface area contributed by atoms with Gasteiger partial charge in [-0.3, -0.25) is 4.79 Å². The topological polar surface area (TPSA) is 69.0 Å². The average Bonchev–Trinajstić information content (AvgIpc) is 3.11. The zero-order chi connectivity index (χ0) is 19.7. The zero-order valence-corrected chi connectivity index (χ0v) is 16.1. The van der Waals surface area contributed by atoms with Gasteiger partial charge >= 0.3 is 0 Å². The minimum absolute atomic E-state index is 0.199. The van der Waals surface area contributed by atoms with Crippen molar-refractivity contribution in [2.45, 2.75) is 6.92 Å². The molecule has 140 valence electrons. The summed E-state index contributed by atoms with van der Waals surface area (Å²) in [4.78, 5) is 14.1. The van der Waals surface area contributed by atoms with E-state index in [2.05, 4.69) is 15.5 Å². The number of nitrogens with one attached hydrogen (secondary N) is 1. The SMILES string of the molecule is COc1ccc(C(=O)Nc2cc3nn(-c4ccc(Cl)cc4)nc3cc2C)cc1. The number of carbonyl (C=O) groups excluding carboxylic acids is 1. The molecule has 0 atom stereocenters. The van der Waals surface area contributed by atoms with Gasteiger partial charge in [0.1, 0.15) is 16.8 Å². The Morgan fingerprint density at radius 2 is 1.64 bits per heavy atom. The van der Waals surface area contributed by atoms with Gasteiger partial charge in [-0.2, -0.15) is 4.80 Å². The lowest BCUT2D eigenvalue weighted by atomic mass is 10.1. The van der Waals surface area contributed by atoms with Gasteiger partial charge in [0.25, 0.3) is 5.91 Å². The number of aryl methyl sites for hydroxylation is 1. The monoisotopic (exact) mass is 392 g/mol. The van der Waals surface area contributed by atoms with Gasteiger partial charge in [0.05, 0.1) is 12.8 Å². The van der Waals surface area contributed by atoms with E-state index in [1.54, 1.807) is 48.3 Å². The lowest BCUT2D eigenvalue weighted by Crippen LogP contribution is -2.12. The number of hydrogen-bond donors (Lipinski definition) is 1. The number of methoxy groups -OCH3 is 1. The second-order valence-corrected chi connectivity index (χ2v) is 6.74. The van der Waals surface area contributed by atoms with Crippen LogP contribution in [-0.4, -0.2) is 28.0 Å². The van der Waals surface area contributed by atoms with E-state index in [1.807, 2.05) is 31.2 Å². The van der Waals surface area contributed by atoms with Gasteiger partial charge in [0.2, 0.25) is 0 Å². The number of anilines is 1. The number of ether oxygens (including phenoxy) is 1. The average molecular weight is 393 g/mol. The van der Waals surface area contributed by atoms with E-state index in [4.69, 9.17) is 16.3 Å². The highest BCUT2D eigenvalue weighted by atomic mass is 35.5. The minimum Gasteiger partial charge on any atom is -0.497 e. The minimum atomic E-state index is -0.199. The van der Waals surface area contributed by atoms with Crippen LogP contribution in [0.2, 0.25) is 5.02 Å². The van der Waals surface area contributed by atoms with Crippen molar-refractivity contribution in [2.75, 3.05) is 12.4 Å². The Bertz CT molecular complexity index is 1150. The van der Waals surface area contributed by atoms with Gasteiger partial charge < -0.3 is 10.1 Å². The van der Waals surface area contributed by atoms with Gasteiger partial charge in [0.15, 0.2) is 0 Å². The molecule has 0 aliphatic rings. The highest BCUT2D eigenvalue weighted by Gasteiger charge is 2.12. The van der Waals surface area contributed by atoms with Gasteiger partial charge in [-0.05, 0) is 73.2 Å². The first kappa shape index (κ1) is 18.0. The van der Waals surface area contributed by atoms with Crippen LogP contribution < -0.4 is 10.1 Å². The number of rotatable bonds is 4. The molecule has 7 heteroatoms. The number of amides is 1. The Balaban J connectivity index is 1.62. The van der Waals surface area contributed by atoms with E-state index in [0.29, 0.717) is 27.5 Å². The molecule has 0 saturated carbocycles. The maximum absolute atomic E-state index is 12.6. The number of aromatic nitrogens is 3. The molecule has 1 amide bonds. The van der Waals surface area contributed by atoms with E-state index in [0.717, 1.165) is 16.8 Å². The van der Waals surface area contributed by atoms with Crippen molar-refractivity contribution in [1.82, 2.24) is 15.0 Å². The quantitative estimate of drug-likeness (QED) is 0.549. The molecule has 1 heterocycles. The third kappa shape index (κ3) is 3.54. The second-order valence-electron chi connectivity index (χ2n) is 6.30. The van der Waals surface area contributed by atoms with Gasteiger partial charge in [-0.15, -0.1) is 10.2 Å². The van der Waals surface area contributed by atoms with Crippen LogP contribution in [0.3, 0.4) is 0 Å². The van der Waals surface area contributed by atoms with Crippen LogP contribution >= 0.6 is 11.6 Å². The number of fused-ring (bicyclic) bond motifs is 1. The van der Waals surface area contributed by atoms with Crippen molar-refractivity contribution in [1.29, 1.82) is 0 Å². The molecule has 4 aromatic rings. The number of benzene rings is 3. The van der Waals surface area contributed by atoms with E-state index in [-0.39, 0.29) is 5.91 Å². The smallest absolute Gasteiger partial charge is 0.255 e. The molecule has 4 rings (SSSR count). The van der Waals surface area contributed by atoms with Crippen LogP contribution in [0.4, 0.5) is 5.69 Å². The van der Waals surface area contributed by atoms with Crippen molar-refractivity contribution in [2.24, 2.45) is 0 Å². The summed E-state index contributed by atoms with van der Waals surface area (Å²) >= 11 is 5.94. The number of carbonyl (C=O) groups is 1. The summed E-state index contributed by atoms with van der Waals surface area (Å²) in [5.41, 5.74) is 4.38. The van der Waals surface area contributed by atoms with Crippen molar-refractivity contribution >= 4 is 34.2 Å². The zero-order valence-electron chi connectivity index (χ0n) is 15.3. The molecule has 1 aromatic heterocycles. The Kier molecular flexibility index (Phi) is 4.71. The molecule has 0 aliphatic carbocycles. The fraction of sp³-hybridized carbons (Fsp3) is 0.0952. The summed E-state index contributed by atoms with van der Waals surface area (Å²) in [6.45, 7) is 1.92. The second kappa shape index (κ2) is 7.32. The van der Waals surface area contributed by atoms with Crippen molar-refractivity contribution in [3.63, 3.8) is 0 Å². The van der Waals surface area contributed by atoms with Crippen LogP contribution in [-0.2, 0) is 0 Å². The first-order valence-corrected chi connectivity index (χ1v) is 9.00. The van der Waals surface area contributed by atoms with Crippen molar-refractivity contribution < 1.29 is 9.53 Å². The third-order valence-electron chi connectivity index (χ3n) is 4.38. The largest absolute Gasteiger partial charge is 0.497 e.